The number of rotatable bonds is 7. The van der Waals surface area contributed by atoms with Gasteiger partial charge in [0.05, 0.1) is 4.88 Å². The van der Waals surface area contributed by atoms with Crippen molar-refractivity contribution in [1.82, 2.24) is 4.90 Å². The third-order valence-corrected chi connectivity index (χ3v) is 5.00. The molecule has 0 amide bonds. The van der Waals surface area contributed by atoms with Crippen molar-refractivity contribution in [2.45, 2.75) is 40.2 Å². The molecule has 24 heavy (non-hydrogen) atoms. The Labute approximate surface area is 154 Å². The summed E-state index contributed by atoms with van der Waals surface area (Å²) in [4.78, 5) is 15.7. The van der Waals surface area contributed by atoms with Gasteiger partial charge in [-0.15, -0.1) is 23.7 Å². The molecule has 0 bridgehead atoms. The Hall–Kier alpha value is -1.36. The smallest absolute Gasteiger partial charge is 0.202 e. The first-order valence-electron chi connectivity index (χ1n) is 8.14. The molecule has 1 N–H and O–H groups in total. The maximum absolute atomic E-state index is 12.7. The van der Waals surface area contributed by atoms with Crippen LogP contribution in [0.1, 0.15) is 60.0 Å². The van der Waals surface area contributed by atoms with Crippen molar-refractivity contribution in [2.24, 2.45) is 0 Å². The van der Waals surface area contributed by atoms with Gasteiger partial charge in [-0.3, -0.25) is 9.69 Å². The van der Waals surface area contributed by atoms with Crippen LogP contribution in [0.3, 0.4) is 0 Å². The highest BCUT2D eigenvalue weighted by Gasteiger charge is 2.18. The summed E-state index contributed by atoms with van der Waals surface area (Å²) in [7, 11) is 0. The normalized spacial score (nSPS) is 10.9. The molecular formula is C19H26ClNO2S. The first-order valence-corrected chi connectivity index (χ1v) is 9.02. The minimum absolute atomic E-state index is 0. The third kappa shape index (κ3) is 4.59. The summed E-state index contributed by atoms with van der Waals surface area (Å²) in [5.74, 6) is 0.527. The highest BCUT2D eigenvalue weighted by Crippen LogP contribution is 2.32. The van der Waals surface area contributed by atoms with Crippen LogP contribution in [0.15, 0.2) is 29.6 Å². The number of hydrogen-bond donors (Lipinski definition) is 1. The number of ketones is 1. The first kappa shape index (κ1) is 20.7. The van der Waals surface area contributed by atoms with Crippen molar-refractivity contribution in [3.8, 4) is 5.75 Å². The molecule has 0 radical (unpaired) electrons. The lowest BCUT2D eigenvalue weighted by molar-refractivity contribution is 0.104. The summed E-state index contributed by atoms with van der Waals surface area (Å²) in [6.45, 7) is 10.8. The van der Waals surface area contributed by atoms with Crippen LogP contribution < -0.4 is 0 Å². The van der Waals surface area contributed by atoms with E-state index >= 15 is 0 Å². The molecule has 0 atom stereocenters. The van der Waals surface area contributed by atoms with E-state index in [2.05, 4.69) is 18.7 Å². The number of hydrogen-bond acceptors (Lipinski definition) is 4. The second kappa shape index (κ2) is 9.21. The van der Waals surface area contributed by atoms with Gasteiger partial charge in [-0.1, -0.05) is 33.8 Å². The summed E-state index contributed by atoms with van der Waals surface area (Å²) in [6.07, 6.45) is 0. The van der Waals surface area contributed by atoms with Crippen LogP contribution in [0.2, 0.25) is 0 Å². The van der Waals surface area contributed by atoms with E-state index in [1.807, 2.05) is 43.5 Å². The quantitative estimate of drug-likeness (QED) is 0.694. The fourth-order valence-corrected chi connectivity index (χ4v) is 3.33. The van der Waals surface area contributed by atoms with E-state index in [0.29, 0.717) is 17.9 Å². The van der Waals surface area contributed by atoms with E-state index in [4.69, 9.17) is 0 Å². The molecule has 0 fully saturated rings. The lowest BCUT2D eigenvalue weighted by Gasteiger charge is -2.21. The van der Waals surface area contributed by atoms with Gasteiger partial charge in [0.1, 0.15) is 5.75 Å². The standard InChI is InChI=1S/C19H25NO2S.ClH/c1-5-20(6-2)12-15-10-14(11-16(13(3)4)18(15)21)19(22)17-8-7-9-23-17;/h7-11,13,21H,5-6,12H2,1-4H3;1H. The molecular weight excluding hydrogens is 342 g/mol. The van der Waals surface area contributed by atoms with E-state index in [1.165, 1.54) is 11.3 Å². The van der Waals surface area contributed by atoms with E-state index in [1.54, 1.807) is 0 Å². The van der Waals surface area contributed by atoms with Crippen molar-refractivity contribution >= 4 is 29.5 Å². The van der Waals surface area contributed by atoms with Gasteiger partial charge in [-0.05, 0) is 48.2 Å². The molecule has 1 aromatic heterocycles. The molecule has 132 valence electrons. The molecule has 5 heteroatoms. The molecule has 3 nitrogen and oxygen atoms in total. The Morgan fingerprint density at radius 3 is 2.42 bits per heavy atom. The maximum Gasteiger partial charge on any atom is 0.202 e. The first-order chi connectivity index (χ1) is 11.0. The van der Waals surface area contributed by atoms with Gasteiger partial charge in [0.25, 0.3) is 0 Å². The van der Waals surface area contributed by atoms with E-state index < -0.39 is 0 Å². The van der Waals surface area contributed by atoms with Crippen molar-refractivity contribution < 1.29 is 9.90 Å². The van der Waals surface area contributed by atoms with Crippen molar-refractivity contribution in [3.05, 3.63) is 51.2 Å². The molecule has 1 aromatic carbocycles. The van der Waals surface area contributed by atoms with Gasteiger partial charge in [-0.2, -0.15) is 0 Å². The second-order valence-electron chi connectivity index (χ2n) is 6.00. The van der Waals surface area contributed by atoms with Gasteiger partial charge in [0, 0.05) is 17.7 Å². The van der Waals surface area contributed by atoms with Crippen LogP contribution in [0.5, 0.6) is 5.75 Å². The highest BCUT2D eigenvalue weighted by atomic mass is 35.5. The Kier molecular flexibility index (Phi) is 7.94. The van der Waals surface area contributed by atoms with E-state index in [9.17, 15) is 9.90 Å². The van der Waals surface area contributed by atoms with Crippen LogP contribution >= 0.6 is 23.7 Å². The molecule has 0 aliphatic heterocycles. The monoisotopic (exact) mass is 367 g/mol. The molecule has 2 rings (SSSR count). The number of nitrogens with zero attached hydrogens (tertiary/aromatic N) is 1. The Balaban J connectivity index is 0.00000288. The van der Waals surface area contributed by atoms with Crippen LogP contribution in [0, 0.1) is 0 Å². The fourth-order valence-electron chi connectivity index (χ4n) is 2.65. The summed E-state index contributed by atoms with van der Waals surface area (Å²) in [6, 6.07) is 7.42. The lowest BCUT2D eigenvalue weighted by Crippen LogP contribution is -2.22. The van der Waals surface area contributed by atoms with Crippen LogP contribution in [0.25, 0.3) is 0 Å². The average molecular weight is 368 g/mol. The topological polar surface area (TPSA) is 40.5 Å². The zero-order valence-electron chi connectivity index (χ0n) is 14.7. The fraction of sp³-hybridized carbons (Fsp3) is 0.421. The Bertz CT molecular complexity index is 664. The van der Waals surface area contributed by atoms with Crippen LogP contribution in [-0.2, 0) is 6.54 Å². The molecule has 0 aliphatic carbocycles. The Morgan fingerprint density at radius 1 is 1.25 bits per heavy atom. The van der Waals surface area contributed by atoms with Gasteiger partial charge in [0.2, 0.25) is 5.78 Å². The summed E-state index contributed by atoms with van der Waals surface area (Å²) in [5.41, 5.74) is 2.34. The maximum atomic E-state index is 12.7. The summed E-state index contributed by atoms with van der Waals surface area (Å²) < 4.78 is 0. The number of halogens is 1. The van der Waals surface area contributed by atoms with Crippen molar-refractivity contribution in [1.29, 1.82) is 0 Å². The number of aromatic hydroxyl groups is 1. The zero-order valence-corrected chi connectivity index (χ0v) is 16.3. The number of phenolic OH excluding ortho intramolecular Hbond substituents is 1. The molecule has 0 saturated heterocycles. The predicted molar refractivity (Wildman–Crippen MR) is 104 cm³/mol. The lowest BCUT2D eigenvalue weighted by atomic mass is 9.94. The minimum atomic E-state index is 0. The Morgan fingerprint density at radius 2 is 1.92 bits per heavy atom. The second-order valence-corrected chi connectivity index (χ2v) is 6.94. The van der Waals surface area contributed by atoms with E-state index in [0.717, 1.165) is 29.1 Å². The number of carbonyl (C=O) groups is 1. The SMILES string of the molecule is CCN(CC)Cc1cc(C(=O)c2cccs2)cc(C(C)C)c1O.Cl. The van der Waals surface area contributed by atoms with Gasteiger partial charge in [-0.25, -0.2) is 0 Å². The van der Waals surface area contributed by atoms with Crippen LogP contribution in [-0.4, -0.2) is 28.9 Å². The van der Waals surface area contributed by atoms with Gasteiger partial charge < -0.3 is 5.11 Å². The third-order valence-electron chi connectivity index (χ3n) is 4.14. The van der Waals surface area contributed by atoms with Crippen molar-refractivity contribution in [3.63, 3.8) is 0 Å². The van der Waals surface area contributed by atoms with Gasteiger partial charge >= 0.3 is 0 Å². The minimum Gasteiger partial charge on any atom is -0.507 e. The van der Waals surface area contributed by atoms with Crippen molar-refractivity contribution in [2.75, 3.05) is 13.1 Å². The molecule has 2 aromatic rings. The van der Waals surface area contributed by atoms with E-state index in [-0.39, 0.29) is 24.1 Å². The van der Waals surface area contributed by atoms with Crippen LogP contribution in [0.4, 0.5) is 0 Å². The number of benzene rings is 1. The zero-order chi connectivity index (χ0) is 17.0. The molecule has 1 heterocycles. The highest BCUT2D eigenvalue weighted by molar-refractivity contribution is 7.12. The summed E-state index contributed by atoms with van der Waals surface area (Å²) in [5, 5.41) is 12.5. The molecule has 0 saturated carbocycles. The number of carbonyl (C=O) groups excluding carboxylic acids is 1. The predicted octanol–water partition coefficient (Wildman–Crippen LogP) is 5.07. The summed E-state index contributed by atoms with van der Waals surface area (Å²) >= 11 is 1.45. The number of thiophene rings is 1. The molecule has 0 spiro atoms. The average Bonchev–Trinajstić information content (AvgIpc) is 3.07. The number of phenols is 1. The van der Waals surface area contributed by atoms with Gasteiger partial charge in [0.15, 0.2) is 0 Å². The molecule has 0 unspecified atom stereocenters. The molecule has 0 aliphatic rings. The largest absolute Gasteiger partial charge is 0.507 e.